The SMILES string of the molecule is C/C(Cl)=C1\NC(C)(C)CO1. The van der Waals surface area contributed by atoms with Crippen molar-refractivity contribution in [3.63, 3.8) is 0 Å². The number of halogens is 1. The lowest BCUT2D eigenvalue weighted by Crippen LogP contribution is -2.34. The zero-order valence-corrected chi connectivity index (χ0v) is 7.25. The monoisotopic (exact) mass is 161 g/mol. The minimum atomic E-state index is 0.0332. The van der Waals surface area contributed by atoms with Gasteiger partial charge in [0.25, 0.3) is 0 Å². The predicted octanol–water partition coefficient (Wildman–Crippen LogP) is 1.81. The van der Waals surface area contributed by atoms with Crippen LogP contribution in [0.2, 0.25) is 0 Å². The molecule has 10 heavy (non-hydrogen) atoms. The molecule has 58 valence electrons. The molecule has 1 aliphatic heterocycles. The van der Waals surface area contributed by atoms with E-state index in [1.165, 1.54) is 0 Å². The zero-order valence-electron chi connectivity index (χ0n) is 6.49. The van der Waals surface area contributed by atoms with E-state index in [2.05, 4.69) is 19.2 Å². The highest BCUT2D eigenvalue weighted by molar-refractivity contribution is 6.29. The van der Waals surface area contributed by atoms with Gasteiger partial charge in [0, 0.05) is 0 Å². The molecule has 1 fully saturated rings. The van der Waals surface area contributed by atoms with Crippen LogP contribution in [0.25, 0.3) is 0 Å². The standard InChI is InChI=1S/C7H12ClNO/c1-5(8)6-9-7(2,3)4-10-6/h9H,4H2,1-3H3/b6-5-. The Bertz CT molecular complexity index is 170. The molecule has 1 N–H and O–H groups in total. The molecule has 0 amide bonds. The highest BCUT2D eigenvalue weighted by Crippen LogP contribution is 2.20. The van der Waals surface area contributed by atoms with Gasteiger partial charge in [-0.05, 0) is 20.8 Å². The summed E-state index contributed by atoms with van der Waals surface area (Å²) in [7, 11) is 0. The van der Waals surface area contributed by atoms with Gasteiger partial charge in [0.05, 0.1) is 10.6 Å². The summed E-state index contributed by atoms with van der Waals surface area (Å²) < 4.78 is 5.27. The van der Waals surface area contributed by atoms with E-state index in [-0.39, 0.29) is 5.54 Å². The molecule has 3 heteroatoms. The molecule has 1 aliphatic rings. The van der Waals surface area contributed by atoms with Gasteiger partial charge in [-0.25, -0.2) is 0 Å². The highest BCUT2D eigenvalue weighted by atomic mass is 35.5. The Labute approximate surface area is 66.2 Å². The fraction of sp³-hybridized carbons (Fsp3) is 0.714. The van der Waals surface area contributed by atoms with E-state index in [1.54, 1.807) is 0 Å². The lowest BCUT2D eigenvalue weighted by Gasteiger charge is -2.13. The molecule has 0 radical (unpaired) electrons. The third-order valence-electron chi connectivity index (χ3n) is 1.34. The van der Waals surface area contributed by atoms with E-state index in [9.17, 15) is 0 Å². The van der Waals surface area contributed by atoms with Crippen LogP contribution in [0.3, 0.4) is 0 Å². The molecule has 0 unspecified atom stereocenters. The average Bonchev–Trinajstić information content (AvgIpc) is 2.10. The van der Waals surface area contributed by atoms with Crippen LogP contribution in [0.4, 0.5) is 0 Å². The van der Waals surface area contributed by atoms with Crippen molar-refractivity contribution in [2.75, 3.05) is 6.61 Å². The van der Waals surface area contributed by atoms with Crippen molar-refractivity contribution >= 4 is 11.6 Å². The molecule has 0 aliphatic carbocycles. The lowest BCUT2D eigenvalue weighted by atomic mass is 10.1. The van der Waals surface area contributed by atoms with Crippen LogP contribution < -0.4 is 5.32 Å². The normalized spacial score (nSPS) is 27.2. The first-order chi connectivity index (χ1) is 4.51. The summed E-state index contributed by atoms with van der Waals surface area (Å²) in [5, 5.41) is 3.84. The number of hydrogen-bond acceptors (Lipinski definition) is 2. The Morgan fingerprint density at radius 3 is 2.50 bits per heavy atom. The van der Waals surface area contributed by atoms with Crippen LogP contribution in [0, 0.1) is 0 Å². The second-order valence-electron chi connectivity index (χ2n) is 3.16. The summed E-state index contributed by atoms with van der Waals surface area (Å²) in [6.07, 6.45) is 0. The van der Waals surface area contributed by atoms with E-state index in [1.807, 2.05) is 6.92 Å². The van der Waals surface area contributed by atoms with Gasteiger partial charge in [-0.2, -0.15) is 0 Å². The Morgan fingerprint density at radius 2 is 2.30 bits per heavy atom. The third kappa shape index (κ3) is 1.57. The average molecular weight is 162 g/mol. The lowest BCUT2D eigenvalue weighted by molar-refractivity contribution is 0.235. The molecule has 1 saturated heterocycles. The number of hydrogen-bond donors (Lipinski definition) is 1. The van der Waals surface area contributed by atoms with Crippen molar-refractivity contribution in [1.82, 2.24) is 5.32 Å². The maximum atomic E-state index is 5.70. The van der Waals surface area contributed by atoms with E-state index in [0.29, 0.717) is 17.5 Å². The summed E-state index contributed by atoms with van der Waals surface area (Å²) in [6, 6.07) is 0. The van der Waals surface area contributed by atoms with Gasteiger partial charge in [0.1, 0.15) is 6.61 Å². The minimum Gasteiger partial charge on any atom is -0.476 e. The third-order valence-corrected chi connectivity index (χ3v) is 1.51. The molecule has 0 spiro atoms. The van der Waals surface area contributed by atoms with Crippen molar-refractivity contribution in [2.24, 2.45) is 0 Å². The van der Waals surface area contributed by atoms with E-state index >= 15 is 0 Å². The van der Waals surface area contributed by atoms with Crippen molar-refractivity contribution < 1.29 is 4.74 Å². The summed E-state index contributed by atoms with van der Waals surface area (Å²) in [4.78, 5) is 0. The Kier molecular flexibility index (Phi) is 1.82. The van der Waals surface area contributed by atoms with E-state index in [4.69, 9.17) is 16.3 Å². The summed E-state index contributed by atoms with van der Waals surface area (Å²) in [5.41, 5.74) is 0.0332. The van der Waals surface area contributed by atoms with Gasteiger partial charge in [-0.15, -0.1) is 0 Å². The van der Waals surface area contributed by atoms with Crippen molar-refractivity contribution in [3.05, 3.63) is 10.9 Å². The highest BCUT2D eigenvalue weighted by Gasteiger charge is 2.27. The van der Waals surface area contributed by atoms with Gasteiger partial charge in [0.15, 0.2) is 0 Å². The quantitative estimate of drug-likeness (QED) is 0.585. The molecular formula is C7H12ClNO. The molecule has 1 rings (SSSR count). The Balaban J connectivity index is 2.69. The van der Waals surface area contributed by atoms with Crippen molar-refractivity contribution in [1.29, 1.82) is 0 Å². The second kappa shape index (κ2) is 2.35. The maximum Gasteiger partial charge on any atom is 0.202 e. The molecule has 2 nitrogen and oxygen atoms in total. The van der Waals surface area contributed by atoms with Crippen LogP contribution in [-0.2, 0) is 4.74 Å². The molecule has 0 saturated carbocycles. The molecular weight excluding hydrogens is 150 g/mol. The second-order valence-corrected chi connectivity index (χ2v) is 3.73. The minimum absolute atomic E-state index is 0.0332. The smallest absolute Gasteiger partial charge is 0.202 e. The van der Waals surface area contributed by atoms with Gasteiger partial charge in [-0.1, -0.05) is 11.6 Å². The molecule has 0 aromatic rings. The van der Waals surface area contributed by atoms with Crippen LogP contribution in [0.15, 0.2) is 10.9 Å². The van der Waals surface area contributed by atoms with Gasteiger partial charge in [0.2, 0.25) is 5.88 Å². The first-order valence-electron chi connectivity index (χ1n) is 3.29. The molecule has 1 heterocycles. The predicted molar refractivity (Wildman–Crippen MR) is 41.7 cm³/mol. The van der Waals surface area contributed by atoms with Crippen LogP contribution in [0.5, 0.6) is 0 Å². The van der Waals surface area contributed by atoms with Crippen molar-refractivity contribution in [3.8, 4) is 0 Å². The first kappa shape index (κ1) is 7.73. The van der Waals surface area contributed by atoms with Gasteiger partial charge < -0.3 is 10.1 Å². The fourth-order valence-corrected chi connectivity index (χ4v) is 0.919. The topological polar surface area (TPSA) is 21.3 Å². The van der Waals surface area contributed by atoms with Crippen molar-refractivity contribution in [2.45, 2.75) is 26.3 Å². The first-order valence-corrected chi connectivity index (χ1v) is 3.66. The number of allylic oxidation sites excluding steroid dienone is 1. The summed E-state index contributed by atoms with van der Waals surface area (Å²) >= 11 is 5.70. The van der Waals surface area contributed by atoms with Crippen LogP contribution in [0.1, 0.15) is 20.8 Å². The number of rotatable bonds is 0. The molecule has 0 aromatic heterocycles. The van der Waals surface area contributed by atoms with Crippen LogP contribution in [-0.4, -0.2) is 12.1 Å². The largest absolute Gasteiger partial charge is 0.476 e. The Morgan fingerprint density at radius 1 is 1.70 bits per heavy atom. The molecule has 0 aromatic carbocycles. The number of ether oxygens (including phenoxy) is 1. The Hall–Kier alpha value is -0.370. The summed E-state index contributed by atoms with van der Waals surface area (Å²) in [5.74, 6) is 0.715. The summed E-state index contributed by atoms with van der Waals surface area (Å²) in [6.45, 7) is 6.64. The molecule has 0 atom stereocenters. The molecule has 0 bridgehead atoms. The van der Waals surface area contributed by atoms with E-state index in [0.717, 1.165) is 0 Å². The fourth-order valence-electron chi connectivity index (χ4n) is 0.818. The van der Waals surface area contributed by atoms with Crippen LogP contribution >= 0.6 is 11.6 Å². The zero-order chi connectivity index (χ0) is 7.78. The number of nitrogens with one attached hydrogen (secondary N) is 1. The van der Waals surface area contributed by atoms with Gasteiger partial charge in [-0.3, -0.25) is 0 Å². The maximum absolute atomic E-state index is 5.70. The van der Waals surface area contributed by atoms with Gasteiger partial charge >= 0.3 is 0 Å². The van der Waals surface area contributed by atoms with E-state index < -0.39 is 0 Å².